The van der Waals surface area contributed by atoms with E-state index in [9.17, 15) is 0 Å². The first-order chi connectivity index (χ1) is 9.81. The molecule has 2 aromatic carbocycles. The van der Waals surface area contributed by atoms with Crippen molar-refractivity contribution in [2.45, 2.75) is 25.8 Å². The van der Waals surface area contributed by atoms with E-state index in [1.165, 1.54) is 5.56 Å². The van der Waals surface area contributed by atoms with Crippen LogP contribution in [0.3, 0.4) is 0 Å². The molecule has 2 aromatic rings. The molecule has 106 valence electrons. The minimum atomic E-state index is 0.444. The van der Waals surface area contributed by atoms with Gasteiger partial charge in [0.1, 0.15) is 5.75 Å². The zero-order chi connectivity index (χ0) is 14.2. The number of halogens is 1. The van der Waals surface area contributed by atoms with Crippen LogP contribution >= 0.6 is 11.6 Å². The van der Waals surface area contributed by atoms with Crippen LogP contribution in [0.2, 0.25) is 5.02 Å². The van der Waals surface area contributed by atoms with Gasteiger partial charge in [0.15, 0.2) is 0 Å². The van der Waals surface area contributed by atoms with E-state index in [2.05, 4.69) is 24.3 Å². The summed E-state index contributed by atoms with van der Waals surface area (Å²) in [5.74, 6) is 0.733. The Morgan fingerprint density at radius 1 is 0.950 bits per heavy atom. The number of nitrogens with two attached hydrogens (primary N) is 1. The van der Waals surface area contributed by atoms with Gasteiger partial charge < -0.3 is 10.5 Å². The van der Waals surface area contributed by atoms with Crippen LogP contribution in [0.1, 0.15) is 24.0 Å². The van der Waals surface area contributed by atoms with Gasteiger partial charge in [-0.1, -0.05) is 54.1 Å². The van der Waals surface area contributed by atoms with Gasteiger partial charge in [-0.15, -0.1) is 0 Å². The Kier molecular flexibility index (Phi) is 5.90. The molecule has 3 heteroatoms. The fraction of sp³-hybridized carbons (Fsp3) is 0.294. The summed E-state index contributed by atoms with van der Waals surface area (Å²) < 4.78 is 5.78. The second-order valence-corrected chi connectivity index (χ2v) is 5.13. The number of hydrogen-bond acceptors (Lipinski definition) is 2. The van der Waals surface area contributed by atoms with Crippen molar-refractivity contribution < 1.29 is 4.74 Å². The maximum atomic E-state index is 6.14. The molecule has 0 heterocycles. The summed E-state index contributed by atoms with van der Waals surface area (Å²) in [5.41, 5.74) is 8.01. The lowest BCUT2D eigenvalue weighted by Gasteiger charge is -2.12. The molecule has 2 rings (SSSR count). The van der Waals surface area contributed by atoms with Crippen LogP contribution in [0.15, 0.2) is 48.5 Å². The van der Waals surface area contributed by atoms with Crippen LogP contribution in [0.4, 0.5) is 0 Å². The van der Waals surface area contributed by atoms with E-state index >= 15 is 0 Å². The van der Waals surface area contributed by atoms with Crippen LogP contribution in [-0.4, -0.2) is 6.61 Å². The molecule has 0 unspecified atom stereocenters. The normalized spacial score (nSPS) is 10.5. The summed E-state index contributed by atoms with van der Waals surface area (Å²) in [4.78, 5) is 0. The van der Waals surface area contributed by atoms with E-state index in [0.29, 0.717) is 18.2 Å². The number of ether oxygens (including phenoxy) is 1. The summed E-state index contributed by atoms with van der Waals surface area (Å²) in [6.07, 6.45) is 3.19. The maximum absolute atomic E-state index is 6.14. The molecule has 0 saturated carbocycles. The second kappa shape index (κ2) is 7.93. The highest BCUT2D eigenvalue weighted by Crippen LogP contribution is 2.28. The number of para-hydroxylation sites is 1. The summed E-state index contributed by atoms with van der Waals surface area (Å²) in [5, 5.41) is 0.635. The second-order valence-electron chi connectivity index (χ2n) is 4.72. The Morgan fingerprint density at radius 2 is 1.75 bits per heavy atom. The Hall–Kier alpha value is -1.51. The van der Waals surface area contributed by atoms with Crippen molar-refractivity contribution in [2.75, 3.05) is 6.61 Å². The van der Waals surface area contributed by atoms with E-state index in [-0.39, 0.29) is 0 Å². The molecule has 0 bridgehead atoms. The smallest absolute Gasteiger partial charge is 0.142 e. The average molecular weight is 290 g/mol. The number of hydrogen-bond donors (Lipinski definition) is 1. The quantitative estimate of drug-likeness (QED) is 0.775. The van der Waals surface area contributed by atoms with E-state index in [0.717, 1.165) is 30.6 Å². The fourth-order valence-electron chi connectivity index (χ4n) is 2.13. The molecule has 0 atom stereocenters. The van der Waals surface area contributed by atoms with Crippen molar-refractivity contribution in [1.82, 2.24) is 0 Å². The average Bonchev–Trinajstić information content (AvgIpc) is 2.49. The van der Waals surface area contributed by atoms with Gasteiger partial charge in [-0.05, 0) is 30.9 Å². The van der Waals surface area contributed by atoms with Gasteiger partial charge in [-0.3, -0.25) is 0 Å². The van der Waals surface area contributed by atoms with E-state index in [1.54, 1.807) is 0 Å². The topological polar surface area (TPSA) is 35.2 Å². The minimum Gasteiger partial charge on any atom is -0.492 e. The molecular formula is C17H20ClNO. The van der Waals surface area contributed by atoms with Crippen molar-refractivity contribution in [1.29, 1.82) is 0 Å². The molecule has 0 radical (unpaired) electrons. The molecule has 0 aliphatic carbocycles. The number of aryl methyl sites for hydroxylation is 1. The standard InChI is InChI=1S/C17H20ClNO/c18-16-11-6-10-15(13-19)17(16)20-12-5-4-9-14-7-2-1-3-8-14/h1-3,6-8,10-11H,4-5,9,12-13,19H2. The number of unbranched alkanes of at least 4 members (excludes halogenated alkanes) is 1. The third-order valence-electron chi connectivity index (χ3n) is 3.22. The zero-order valence-corrected chi connectivity index (χ0v) is 12.3. The van der Waals surface area contributed by atoms with Crippen molar-refractivity contribution in [3.8, 4) is 5.75 Å². The lowest BCUT2D eigenvalue weighted by Crippen LogP contribution is -2.04. The monoisotopic (exact) mass is 289 g/mol. The van der Waals surface area contributed by atoms with Gasteiger partial charge in [0, 0.05) is 12.1 Å². The predicted octanol–water partition coefficient (Wildman–Crippen LogP) is 4.20. The molecule has 0 fully saturated rings. The van der Waals surface area contributed by atoms with E-state index < -0.39 is 0 Å². The van der Waals surface area contributed by atoms with Gasteiger partial charge in [0.05, 0.1) is 11.6 Å². The molecule has 0 aromatic heterocycles. The van der Waals surface area contributed by atoms with Crippen molar-refractivity contribution in [3.05, 3.63) is 64.7 Å². The Morgan fingerprint density at radius 3 is 2.50 bits per heavy atom. The zero-order valence-electron chi connectivity index (χ0n) is 11.5. The Balaban J connectivity index is 1.76. The Labute approximate surface area is 125 Å². The number of rotatable bonds is 7. The highest BCUT2D eigenvalue weighted by atomic mass is 35.5. The Bertz CT molecular complexity index is 528. The lowest BCUT2D eigenvalue weighted by atomic mass is 10.1. The largest absolute Gasteiger partial charge is 0.492 e. The van der Waals surface area contributed by atoms with Crippen molar-refractivity contribution in [2.24, 2.45) is 5.73 Å². The number of benzene rings is 2. The van der Waals surface area contributed by atoms with Gasteiger partial charge >= 0.3 is 0 Å². The third-order valence-corrected chi connectivity index (χ3v) is 3.52. The van der Waals surface area contributed by atoms with Gasteiger partial charge in [-0.25, -0.2) is 0 Å². The van der Waals surface area contributed by atoms with Crippen LogP contribution in [0, 0.1) is 0 Å². The van der Waals surface area contributed by atoms with Gasteiger partial charge in [0.2, 0.25) is 0 Å². The van der Waals surface area contributed by atoms with Crippen LogP contribution in [0.5, 0.6) is 5.75 Å². The van der Waals surface area contributed by atoms with Gasteiger partial charge in [0.25, 0.3) is 0 Å². The van der Waals surface area contributed by atoms with Crippen molar-refractivity contribution in [3.63, 3.8) is 0 Å². The van der Waals surface area contributed by atoms with Crippen LogP contribution in [0.25, 0.3) is 0 Å². The summed E-state index contributed by atoms with van der Waals surface area (Å²) in [6, 6.07) is 16.2. The molecule has 0 aliphatic rings. The summed E-state index contributed by atoms with van der Waals surface area (Å²) in [6.45, 7) is 1.11. The lowest BCUT2D eigenvalue weighted by molar-refractivity contribution is 0.304. The molecule has 2 N–H and O–H groups in total. The minimum absolute atomic E-state index is 0.444. The van der Waals surface area contributed by atoms with E-state index in [4.69, 9.17) is 22.1 Å². The van der Waals surface area contributed by atoms with Crippen LogP contribution < -0.4 is 10.5 Å². The first kappa shape index (κ1) is 14.9. The maximum Gasteiger partial charge on any atom is 0.142 e. The molecule has 0 aliphatic heterocycles. The van der Waals surface area contributed by atoms with Gasteiger partial charge in [-0.2, -0.15) is 0 Å². The molecule has 0 spiro atoms. The molecule has 2 nitrogen and oxygen atoms in total. The van der Waals surface area contributed by atoms with Crippen LogP contribution in [-0.2, 0) is 13.0 Å². The van der Waals surface area contributed by atoms with Crippen molar-refractivity contribution >= 4 is 11.6 Å². The highest BCUT2D eigenvalue weighted by molar-refractivity contribution is 6.32. The molecular weight excluding hydrogens is 270 g/mol. The third kappa shape index (κ3) is 4.26. The predicted molar refractivity (Wildman–Crippen MR) is 84.2 cm³/mol. The first-order valence-corrected chi connectivity index (χ1v) is 7.33. The first-order valence-electron chi connectivity index (χ1n) is 6.95. The molecule has 20 heavy (non-hydrogen) atoms. The summed E-state index contributed by atoms with van der Waals surface area (Å²) >= 11 is 6.14. The fourth-order valence-corrected chi connectivity index (χ4v) is 2.37. The highest BCUT2D eigenvalue weighted by Gasteiger charge is 2.06. The molecule has 0 amide bonds. The SMILES string of the molecule is NCc1cccc(Cl)c1OCCCCc1ccccc1. The summed E-state index contributed by atoms with van der Waals surface area (Å²) in [7, 11) is 0. The molecule has 0 saturated heterocycles. The van der Waals surface area contributed by atoms with E-state index in [1.807, 2.05) is 24.3 Å².